The summed E-state index contributed by atoms with van der Waals surface area (Å²) >= 11 is 0. The molecule has 0 radical (unpaired) electrons. The highest BCUT2D eigenvalue weighted by Gasteiger charge is 2.20. The molecule has 2 rings (SSSR count). The van der Waals surface area contributed by atoms with Crippen molar-refractivity contribution in [2.75, 3.05) is 20.6 Å². The molecule has 0 amide bonds. The van der Waals surface area contributed by atoms with Crippen molar-refractivity contribution in [1.29, 1.82) is 0 Å². The van der Waals surface area contributed by atoms with E-state index < -0.39 is 0 Å². The molecule has 0 aromatic carbocycles. The Hall–Kier alpha value is -0.860. The van der Waals surface area contributed by atoms with Crippen molar-refractivity contribution in [3.05, 3.63) is 12.2 Å². The van der Waals surface area contributed by atoms with Crippen LogP contribution >= 0.6 is 24.0 Å². The number of aryl methyl sites for hydroxylation is 1. The Labute approximate surface area is 150 Å². The molecule has 0 aliphatic heterocycles. The van der Waals surface area contributed by atoms with Gasteiger partial charge in [0.2, 0.25) is 0 Å². The quantitative estimate of drug-likeness (QED) is 0.461. The molecule has 0 atom stereocenters. The Morgan fingerprint density at radius 1 is 1.41 bits per heavy atom. The van der Waals surface area contributed by atoms with Gasteiger partial charge in [0, 0.05) is 27.7 Å². The normalized spacial score (nSPS) is 22.1. The summed E-state index contributed by atoms with van der Waals surface area (Å²) in [7, 11) is 5.85. The Morgan fingerprint density at radius 3 is 2.64 bits per heavy atom. The maximum Gasteiger partial charge on any atom is 0.193 e. The van der Waals surface area contributed by atoms with Gasteiger partial charge in [-0.3, -0.25) is 9.67 Å². The molecule has 1 saturated carbocycles. The van der Waals surface area contributed by atoms with Crippen molar-refractivity contribution in [2.45, 2.75) is 39.2 Å². The number of aromatic nitrogens is 3. The van der Waals surface area contributed by atoms with Gasteiger partial charge < -0.3 is 10.2 Å². The van der Waals surface area contributed by atoms with Crippen molar-refractivity contribution < 1.29 is 0 Å². The Kier molecular flexibility index (Phi) is 8.13. The highest BCUT2D eigenvalue weighted by molar-refractivity contribution is 14.0. The summed E-state index contributed by atoms with van der Waals surface area (Å²) in [6.07, 6.45) is 6.98. The van der Waals surface area contributed by atoms with Crippen LogP contribution in [-0.4, -0.2) is 46.3 Å². The summed E-state index contributed by atoms with van der Waals surface area (Å²) in [5.41, 5.74) is 0. The molecule has 6 nitrogen and oxygen atoms in total. The molecule has 1 aliphatic carbocycles. The van der Waals surface area contributed by atoms with Crippen LogP contribution in [0.1, 0.15) is 38.4 Å². The minimum atomic E-state index is 0. The van der Waals surface area contributed by atoms with Gasteiger partial charge >= 0.3 is 0 Å². The molecule has 22 heavy (non-hydrogen) atoms. The van der Waals surface area contributed by atoms with Crippen molar-refractivity contribution in [1.82, 2.24) is 25.0 Å². The van der Waals surface area contributed by atoms with Crippen molar-refractivity contribution >= 4 is 29.9 Å². The second-order valence-corrected chi connectivity index (χ2v) is 6.21. The molecule has 1 heterocycles. The Bertz CT molecular complexity index is 464. The van der Waals surface area contributed by atoms with E-state index >= 15 is 0 Å². The third-order valence-corrected chi connectivity index (χ3v) is 4.45. The first kappa shape index (κ1) is 19.2. The molecule has 0 bridgehead atoms. The van der Waals surface area contributed by atoms with Crippen LogP contribution in [-0.2, 0) is 13.6 Å². The van der Waals surface area contributed by atoms with Gasteiger partial charge in [-0.25, -0.2) is 4.98 Å². The average Bonchev–Trinajstić information content (AvgIpc) is 2.88. The number of aliphatic imine (C=N–C) groups is 1. The SMILES string of the molecule is CN=C(NCc1ncnn1C)N(C)CC1CCC(C)CC1.I. The molecule has 1 N–H and O–H groups in total. The first-order valence-corrected chi connectivity index (χ1v) is 7.84. The van der Waals surface area contributed by atoms with Crippen molar-refractivity contribution in [3.63, 3.8) is 0 Å². The fourth-order valence-corrected chi connectivity index (χ4v) is 3.01. The largest absolute Gasteiger partial charge is 0.349 e. The number of halogens is 1. The predicted molar refractivity (Wildman–Crippen MR) is 100 cm³/mol. The molecule has 126 valence electrons. The van der Waals surface area contributed by atoms with Crippen molar-refractivity contribution in [2.24, 2.45) is 23.9 Å². The molecule has 7 heteroatoms. The van der Waals surface area contributed by atoms with Crippen LogP contribution in [0.4, 0.5) is 0 Å². The fraction of sp³-hybridized carbons (Fsp3) is 0.800. The summed E-state index contributed by atoms with van der Waals surface area (Å²) in [4.78, 5) is 10.8. The molecule has 1 aromatic heterocycles. The van der Waals surface area contributed by atoms with Crippen LogP contribution in [0.5, 0.6) is 0 Å². The van der Waals surface area contributed by atoms with Crippen molar-refractivity contribution in [3.8, 4) is 0 Å². The number of hydrogen-bond donors (Lipinski definition) is 1. The topological polar surface area (TPSA) is 58.3 Å². The van der Waals surface area contributed by atoms with Crippen LogP contribution in [0, 0.1) is 11.8 Å². The fourth-order valence-electron chi connectivity index (χ4n) is 3.01. The number of nitrogens with zero attached hydrogens (tertiary/aromatic N) is 5. The summed E-state index contributed by atoms with van der Waals surface area (Å²) in [5, 5.41) is 7.44. The van der Waals surface area contributed by atoms with Crippen LogP contribution in [0.2, 0.25) is 0 Å². The van der Waals surface area contributed by atoms with E-state index in [-0.39, 0.29) is 24.0 Å². The maximum absolute atomic E-state index is 4.37. The zero-order chi connectivity index (χ0) is 15.2. The van der Waals surface area contributed by atoms with E-state index in [9.17, 15) is 0 Å². The minimum Gasteiger partial charge on any atom is -0.349 e. The first-order valence-electron chi connectivity index (χ1n) is 7.84. The van der Waals surface area contributed by atoms with E-state index in [0.29, 0.717) is 6.54 Å². The van der Waals surface area contributed by atoms with Gasteiger partial charge in [0.1, 0.15) is 12.2 Å². The van der Waals surface area contributed by atoms with E-state index in [1.54, 1.807) is 11.0 Å². The lowest BCUT2D eigenvalue weighted by molar-refractivity contribution is 0.250. The lowest BCUT2D eigenvalue weighted by Gasteiger charge is -2.31. The third kappa shape index (κ3) is 5.40. The standard InChI is InChI=1S/C15H28N6.HI/c1-12-5-7-13(8-6-12)10-20(3)15(16-2)17-9-14-18-11-19-21(14)4;/h11-13H,5-10H2,1-4H3,(H,16,17);1H. The zero-order valence-corrected chi connectivity index (χ0v) is 16.4. The zero-order valence-electron chi connectivity index (χ0n) is 14.1. The number of rotatable bonds is 4. The molecule has 0 spiro atoms. The number of hydrogen-bond acceptors (Lipinski definition) is 3. The Morgan fingerprint density at radius 2 is 2.09 bits per heavy atom. The first-order chi connectivity index (χ1) is 10.1. The second-order valence-electron chi connectivity index (χ2n) is 6.21. The minimum absolute atomic E-state index is 0. The molecule has 1 aliphatic rings. The number of guanidine groups is 1. The lowest BCUT2D eigenvalue weighted by Crippen LogP contribution is -2.41. The smallest absolute Gasteiger partial charge is 0.193 e. The molecule has 1 fully saturated rings. The van der Waals surface area contributed by atoms with E-state index in [1.165, 1.54) is 25.7 Å². The molecule has 0 unspecified atom stereocenters. The van der Waals surface area contributed by atoms with E-state index in [2.05, 4.69) is 39.3 Å². The molecular formula is C15H29IN6. The van der Waals surface area contributed by atoms with E-state index in [4.69, 9.17) is 0 Å². The lowest BCUT2D eigenvalue weighted by atomic mass is 9.83. The molecule has 0 saturated heterocycles. The van der Waals surface area contributed by atoms with Crippen LogP contribution in [0.3, 0.4) is 0 Å². The van der Waals surface area contributed by atoms with Gasteiger partial charge in [-0.1, -0.05) is 19.8 Å². The Balaban J connectivity index is 0.00000242. The van der Waals surface area contributed by atoms with Gasteiger partial charge in [0.05, 0.1) is 6.54 Å². The van der Waals surface area contributed by atoms with E-state index in [1.807, 2.05) is 14.1 Å². The molecule has 1 aromatic rings. The van der Waals surface area contributed by atoms with E-state index in [0.717, 1.165) is 30.2 Å². The highest BCUT2D eigenvalue weighted by Crippen LogP contribution is 2.28. The molecular weight excluding hydrogens is 391 g/mol. The summed E-state index contributed by atoms with van der Waals surface area (Å²) in [6.45, 7) is 4.09. The summed E-state index contributed by atoms with van der Waals surface area (Å²) in [6, 6.07) is 0. The van der Waals surface area contributed by atoms with Gasteiger partial charge in [-0.2, -0.15) is 5.10 Å². The maximum atomic E-state index is 4.37. The predicted octanol–water partition coefficient (Wildman–Crippen LogP) is 2.27. The monoisotopic (exact) mass is 420 g/mol. The summed E-state index contributed by atoms with van der Waals surface area (Å²) < 4.78 is 1.78. The van der Waals surface area contributed by atoms with Crippen LogP contribution < -0.4 is 5.32 Å². The third-order valence-electron chi connectivity index (χ3n) is 4.45. The second kappa shape index (κ2) is 9.32. The van der Waals surface area contributed by atoms with Gasteiger partial charge in [-0.15, -0.1) is 24.0 Å². The van der Waals surface area contributed by atoms with Crippen LogP contribution in [0.25, 0.3) is 0 Å². The van der Waals surface area contributed by atoms with Gasteiger partial charge in [-0.05, 0) is 24.7 Å². The summed E-state index contributed by atoms with van der Waals surface area (Å²) in [5.74, 6) is 3.53. The van der Waals surface area contributed by atoms with Gasteiger partial charge in [0.25, 0.3) is 0 Å². The average molecular weight is 420 g/mol. The number of nitrogens with one attached hydrogen (secondary N) is 1. The van der Waals surface area contributed by atoms with Gasteiger partial charge in [0.15, 0.2) is 5.96 Å². The van der Waals surface area contributed by atoms with Crippen LogP contribution in [0.15, 0.2) is 11.3 Å². The highest BCUT2D eigenvalue weighted by atomic mass is 127.